The van der Waals surface area contributed by atoms with Gasteiger partial charge in [0.25, 0.3) is 5.91 Å². The molecular formula is C11H15NO4. The number of amides is 2. The lowest BCUT2D eigenvalue weighted by Gasteiger charge is -2.37. The van der Waals surface area contributed by atoms with Gasteiger partial charge in [0.15, 0.2) is 6.23 Å². The molecule has 0 radical (unpaired) electrons. The van der Waals surface area contributed by atoms with E-state index in [1.165, 1.54) is 6.92 Å². The number of imide groups is 1. The van der Waals surface area contributed by atoms with Crippen LogP contribution in [-0.2, 0) is 19.1 Å². The van der Waals surface area contributed by atoms with Crippen LogP contribution in [0.15, 0.2) is 12.2 Å². The van der Waals surface area contributed by atoms with Crippen LogP contribution in [-0.4, -0.2) is 28.9 Å². The van der Waals surface area contributed by atoms with Crippen LogP contribution in [0.5, 0.6) is 0 Å². The van der Waals surface area contributed by atoms with Crippen molar-refractivity contribution in [1.29, 1.82) is 0 Å². The molecule has 0 aromatic rings. The zero-order valence-electron chi connectivity index (χ0n) is 9.65. The van der Waals surface area contributed by atoms with Crippen LogP contribution in [0.1, 0.15) is 27.2 Å². The minimum atomic E-state index is -0.758. The summed E-state index contributed by atoms with van der Waals surface area (Å²) in [7, 11) is 0. The number of esters is 1. The minimum Gasteiger partial charge on any atom is -0.440 e. The Hall–Kier alpha value is -1.65. The minimum absolute atomic E-state index is 0.0669. The summed E-state index contributed by atoms with van der Waals surface area (Å²) in [6, 6.07) is 0. The van der Waals surface area contributed by atoms with Crippen LogP contribution >= 0.6 is 0 Å². The molecule has 1 rings (SSSR count). The smallest absolute Gasteiger partial charge is 0.310 e. The van der Waals surface area contributed by atoms with Gasteiger partial charge < -0.3 is 4.74 Å². The molecule has 1 atom stereocenters. The Bertz CT molecular complexity index is 359. The largest absolute Gasteiger partial charge is 0.440 e. The molecular weight excluding hydrogens is 210 g/mol. The Morgan fingerprint density at radius 2 is 2.06 bits per heavy atom. The maximum atomic E-state index is 11.5. The Morgan fingerprint density at radius 3 is 2.44 bits per heavy atom. The van der Waals surface area contributed by atoms with E-state index in [0.717, 1.165) is 4.90 Å². The number of carbonyl (C=O) groups excluding carboxylic acids is 3. The highest BCUT2D eigenvalue weighted by Gasteiger charge is 2.43. The van der Waals surface area contributed by atoms with Crippen molar-refractivity contribution in [2.24, 2.45) is 5.92 Å². The van der Waals surface area contributed by atoms with Gasteiger partial charge in [0.1, 0.15) is 0 Å². The molecule has 1 aliphatic heterocycles. The number of hydrogen-bond acceptors (Lipinski definition) is 4. The van der Waals surface area contributed by atoms with Crippen molar-refractivity contribution in [3.63, 3.8) is 0 Å². The van der Waals surface area contributed by atoms with Crippen molar-refractivity contribution in [3.05, 3.63) is 12.2 Å². The molecule has 1 saturated heterocycles. The second-order valence-electron chi connectivity index (χ2n) is 4.10. The van der Waals surface area contributed by atoms with Gasteiger partial charge in [-0.1, -0.05) is 20.4 Å². The predicted molar refractivity (Wildman–Crippen MR) is 56.0 cm³/mol. The monoisotopic (exact) mass is 225 g/mol. The molecule has 0 N–H and O–H groups in total. The maximum Gasteiger partial charge on any atom is 0.310 e. The third kappa shape index (κ3) is 2.29. The summed E-state index contributed by atoms with van der Waals surface area (Å²) in [5.74, 6) is -1.53. The van der Waals surface area contributed by atoms with Crippen molar-refractivity contribution in [1.82, 2.24) is 4.90 Å². The van der Waals surface area contributed by atoms with Crippen molar-refractivity contribution >= 4 is 17.8 Å². The molecule has 16 heavy (non-hydrogen) atoms. The highest BCUT2D eigenvalue weighted by Crippen LogP contribution is 2.23. The summed E-state index contributed by atoms with van der Waals surface area (Å²) >= 11 is 0. The number of hydrogen-bond donors (Lipinski definition) is 0. The number of β-lactam (4-membered cyclic amide) rings is 1. The average Bonchev–Trinajstić information content (AvgIpc) is 2.15. The average molecular weight is 225 g/mol. The first-order chi connectivity index (χ1) is 7.34. The Balaban J connectivity index is 2.64. The van der Waals surface area contributed by atoms with E-state index in [9.17, 15) is 14.4 Å². The van der Waals surface area contributed by atoms with Crippen LogP contribution in [0.2, 0.25) is 0 Å². The summed E-state index contributed by atoms with van der Waals surface area (Å²) in [6.45, 7) is 8.34. The summed E-state index contributed by atoms with van der Waals surface area (Å²) in [5.41, 5.74) is 0.249. The van der Waals surface area contributed by atoms with Gasteiger partial charge in [-0.05, 0) is 6.92 Å². The lowest BCUT2D eigenvalue weighted by atomic mass is 10.1. The van der Waals surface area contributed by atoms with Gasteiger partial charge in [0, 0.05) is 5.57 Å². The van der Waals surface area contributed by atoms with Gasteiger partial charge in [-0.3, -0.25) is 14.4 Å². The molecule has 1 heterocycles. The van der Waals surface area contributed by atoms with Gasteiger partial charge in [-0.25, -0.2) is 4.90 Å². The standard InChI is InChI=1S/C11H15NO4/c1-6(2)10(14)12-8(13)5-9(12)16-11(15)7(3)4/h7,9H,1,5H2,2-4H3. The Morgan fingerprint density at radius 1 is 1.50 bits per heavy atom. The van der Waals surface area contributed by atoms with E-state index >= 15 is 0 Å². The van der Waals surface area contributed by atoms with Crippen molar-refractivity contribution in [2.45, 2.75) is 33.4 Å². The van der Waals surface area contributed by atoms with E-state index in [1.807, 2.05) is 0 Å². The molecule has 0 aromatic carbocycles. The topological polar surface area (TPSA) is 63.7 Å². The van der Waals surface area contributed by atoms with E-state index in [0.29, 0.717) is 0 Å². The molecule has 1 unspecified atom stereocenters. The van der Waals surface area contributed by atoms with Crippen LogP contribution in [0.3, 0.4) is 0 Å². The fourth-order valence-electron chi connectivity index (χ4n) is 1.20. The maximum absolute atomic E-state index is 11.5. The highest BCUT2D eigenvalue weighted by molar-refractivity contribution is 6.07. The zero-order chi connectivity index (χ0) is 12.5. The number of carbonyl (C=O) groups is 3. The molecule has 1 fully saturated rings. The van der Waals surface area contributed by atoms with Crippen molar-refractivity contribution < 1.29 is 19.1 Å². The van der Waals surface area contributed by atoms with Crippen molar-refractivity contribution in [3.8, 4) is 0 Å². The van der Waals surface area contributed by atoms with E-state index < -0.39 is 18.1 Å². The molecule has 5 heteroatoms. The molecule has 0 bridgehead atoms. The predicted octanol–water partition coefficient (Wildman–Crippen LogP) is 0.847. The number of likely N-dealkylation sites (tertiary alicyclic amines) is 1. The fraction of sp³-hybridized carbons (Fsp3) is 0.545. The number of nitrogens with zero attached hydrogens (tertiary/aromatic N) is 1. The molecule has 2 amide bonds. The third-order valence-electron chi connectivity index (χ3n) is 2.21. The highest BCUT2D eigenvalue weighted by atomic mass is 16.6. The molecule has 0 saturated carbocycles. The van der Waals surface area contributed by atoms with Gasteiger partial charge in [-0.2, -0.15) is 0 Å². The number of rotatable bonds is 3. The van der Waals surface area contributed by atoms with Gasteiger partial charge in [-0.15, -0.1) is 0 Å². The summed E-state index contributed by atoms with van der Waals surface area (Å²) < 4.78 is 5.01. The lowest BCUT2D eigenvalue weighted by Crippen LogP contribution is -2.57. The van der Waals surface area contributed by atoms with E-state index in [2.05, 4.69) is 6.58 Å². The molecule has 0 aromatic heterocycles. The zero-order valence-corrected chi connectivity index (χ0v) is 9.65. The molecule has 0 aliphatic carbocycles. The van der Waals surface area contributed by atoms with E-state index in [4.69, 9.17) is 4.74 Å². The summed E-state index contributed by atoms with van der Waals surface area (Å²) in [5, 5.41) is 0. The Kier molecular flexibility index (Phi) is 3.47. The first-order valence-electron chi connectivity index (χ1n) is 5.07. The molecule has 88 valence electrons. The van der Waals surface area contributed by atoms with Crippen LogP contribution in [0.4, 0.5) is 0 Å². The normalized spacial score (nSPS) is 19.4. The van der Waals surface area contributed by atoms with E-state index in [1.54, 1.807) is 13.8 Å². The second kappa shape index (κ2) is 4.47. The van der Waals surface area contributed by atoms with Gasteiger partial charge in [0.2, 0.25) is 5.91 Å². The van der Waals surface area contributed by atoms with Crippen LogP contribution < -0.4 is 0 Å². The van der Waals surface area contributed by atoms with Gasteiger partial charge in [0.05, 0.1) is 12.3 Å². The van der Waals surface area contributed by atoms with Crippen molar-refractivity contribution in [2.75, 3.05) is 0 Å². The second-order valence-corrected chi connectivity index (χ2v) is 4.10. The lowest BCUT2D eigenvalue weighted by molar-refractivity contribution is -0.188. The number of ether oxygens (including phenoxy) is 1. The molecule has 0 spiro atoms. The third-order valence-corrected chi connectivity index (χ3v) is 2.21. The summed E-state index contributed by atoms with van der Waals surface area (Å²) in [6.07, 6.45) is -0.691. The molecule has 1 aliphatic rings. The SMILES string of the molecule is C=C(C)C(=O)N1C(=O)CC1OC(=O)C(C)C. The quantitative estimate of drug-likeness (QED) is 0.406. The fourth-order valence-corrected chi connectivity index (χ4v) is 1.20. The van der Waals surface area contributed by atoms with Gasteiger partial charge >= 0.3 is 5.97 Å². The van der Waals surface area contributed by atoms with Crippen LogP contribution in [0.25, 0.3) is 0 Å². The summed E-state index contributed by atoms with van der Waals surface area (Å²) in [4.78, 5) is 35.0. The van der Waals surface area contributed by atoms with Crippen LogP contribution in [0, 0.1) is 5.92 Å². The van der Waals surface area contributed by atoms with E-state index in [-0.39, 0.29) is 23.8 Å². The first-order valence-corrected chi connectivity index (χ1v) is 5.07. The molecule has 5 nitrogen and oxygen atoms in total. The Labute approximate surface area is 94.1 Å². The first kappa shape index (κ1) is 12.4.